The van der Waals surface area contributed by atoms with Crippen molar-refractivity contribution in [2.75, 3.05) is 0 Å². The number of carbonyl (C=O) groups is 1. The highest BCUT2D eigenvalue weighted by molar-refractivity contribution is 9.10. The first-order valence-corrected chi connectivity index (χ1v) is 7.52. The van der Waals surface area contributed by atoms with Crippen molar-refractivity contribution in [1.29, 1.82) is 0 Å². The number of amides is 1. The third-order valence-electron chi connectivity index (χ3n) is 2.85. The van der Waals surface area contributed by atoms with Crippen LogP contribution in [0.3, 0.4) is 0 Å². The molecule has 0 unspecified atom stereocenters. The normalized spacial score (nSPS) is 11.4. The fourth-order valence-corrected chi connectivity index (χ4v) is 2.09. The van der Waals surface area contributed by atoms with E-state index in [1.807, 2.05) is 31.2 Å². The summed E-state index contributed by atoms with van der Waals surface area (Å²) in [7, 11) is 0. The van der Waals surface area contributed by atoms with Gasteiger partial charge in [0.1, 0.15) is 0 Å². The molecule has 19 heavy (non-hydrogen) atoms. The Kier molecular flexibility index (Phi) is 7.41. The van der Waals surface area contributed by atoms with Crippen LogP contribution in [0, 0.1) is 0 Å². The van der Waals surface area contributed by atoms with E-state index in [9.17, 15) is 4.79 Å². The summed E-state index contributed by atoms with van der Waals surface area (Å²) in [5.74, 6) is -0.00884. The van der Waals surface area contributed by atoms with Crippen molar-refractivity contribution < 1.29 is 4.79 Å². The van der Waals surface area contributed by atoms with Gasteiger partial charge in [-0.15, -0.1) is 0 Å². The Morgan fingerprint density at radius 2 is 2.11 bits per heavy atom. The van der Waals surface area contributed by atoms with Crippen LogP contribution in [0.25, 0.3) is 0 Å². The first-order chi connectivity index (χ1) is 9.13. The van der Waals surface area contributed by atoms with Gasteiger partial charge in [-0.05, 0) is 31.0 Å². The zero-order chi connectivity index (χ0) is 14.1. The van der Waals surface area contributed by atoms with Gasteiger partial charge in [-0.25, -0.2) is 5.43 Å². The smallest absolute Gasteiger partial charge is 0.240 e. The van der Waals surface area contributed by atoms with Crippen molar-refractivity contribution in [3.8, 4) is 0 Å². The number of halogens is 1. The highest BCUT2D eigenvalue weighted by Gasteiger charge is 2.01. The van der Waals surface area contributed by atoms with Crippen LogP contribution < -0.4 is 5.43 Å². The van der Waals surface area contributed by atoms with Gasteiger partial charge in [-0.2, -0.15) is 5.10 Å². The second-order valence-electron chi connectivity index (χ2n) is 4.55. The van der Waals surface area contributed by atoms with Crippen molar-refractivity contribution in [2.45, 2.75) is 46.0 Å². The molecule has 0 radical (unpaired) electrons. The van der Waals surface area contributed by atoms with Gasteiger partial charge in [0.05, 0.1) is 5.71 Å². The lowest BCUT2D eigenvalue weighted by Gasteiger charge is -2.03. The quantitative estimate of drug-likeness (QED) is 0.454. The average molecular weight is 325 g/mol. The summed E-state index contributed by atoms with van der Waals surface area (Å²) in [6.45, 7) is 4.05. The topological polar surface area (TPSA) is 41.5 Å². The predicted octanol–water partition coefficient (Wildman–Crippen LogP) is 4.26. The molecule has 104 valence electrons. The predicted molar refractivity (Wildman–Crippen MR) is 83.3 cm³/mol. The van der Waals surface area contributed by atoms with Gasteiger partial charge in [0.15, 0.2) is 0 Å². The number of rotatable bonds is 7. The van der Waals surface area contributed by atoms with Crippen LogP contribution in [0.5, 0.6) is 0 Å². The molecular weight excluding hydrogens is 304 g/mol. The summed E-state index contributed by atoms with van der Waals surface area (Å²) in [6.07, 6.45) is 4.97. The number of nitrogens with zero attached hydrogens (tertiary/aromatic N) is 1. The molecule has 0 saturated heterocycles. The molecule has 0 bridgehead atoms. The lowest BCUT2D eigenvalue weighted by Crippen LogP contribution is -2.18. The summed E-state index contributed by atoms with van der Waals surface area (Å²) in [5, 5.41) is 4.13. The van der Waals surface area contributed by atoms with E-state index in [1.54, 1.807) is 0 Å². The molecule has 3 nitrogen and oxygen atoms in total. The number of benzene rings is 1. The maximum atomic E-state index is 11.6. The van der Waals surface area contributed by atoms with E-state index < -0.39 is 0 Å². The van der Waals surface area contributed by atoms with Crippen LogP contribution in [0.15, 0.2) is 33.8 Å². The molecule has 0 atom stereocenters. The minimum Gasteiger partial charge on any atom is -0.273 e. The molecule has 1 aromatic carbocycles. The molecular formula is C15H21BrN2O. The molecule has 0 aliphatic rings. The maximum Gasteiger partial charge on any atom is 0.240 e. The van der Waals surface area contributed by atoms with E-state index >= 15 is 0 Å². The number of hydrogen-bond donors (Lipinski definition) is 1. The van der Waals surface area contributed by atoms with Gasteiger partial charge >= 0.3 is 0 Å². The van der Waals surface area contributed by atoms with Crippen LogP contribution in [0.1, 0.15) is 51.5 Å². The Bertz CT molecular complexity index is 444. The number of hydrazone groups is 1. The molecule has 0 heterocycles. The third kappa shape index (κ3) is 6.53. The van der Waals surface area contributed by atoms with E-state index in [4.69, 9.17) is 0 Å². The van der Waals surface area contributed by atoms with Gasteiger partial charge in [-0.3, -0.25) is 4.79 Å². The molecule has 0 aliphatic heterocycles. The molecule has 0 aromatic heterocycles. The maximum absolute atomic E-state index is 11.6. The van der Waals surface area contributed by atoms with Crippen LogP contribution >= 0.6 is 15.9 Å². The van der Waals surface area contributed by atoms with Crippen molar-refractivity contribution in [3.05, 3.63) is 34.3 Å². The van der Waals surface area contributed by atoms with Gasteiger partial charge in [0.25, 0.3) is 0 Å². The van der Waals surface area contributed by atoms with E-state index in [0.29, 0.717) is 6.42 Å². The largest absolute Gasteiger partial charge is 0.273 e. The summed E-state index contributed by atoms with van der Waals surface area (Å²) in [5.41, 5.74) is 4.42. The van der Waals surface area contributed by atoms with Crippen molar-refractivity contribution >= 4 is 27.5 Å². The molecule has 1 rings (SSSR count). The van der Waals surface area contributed by atoms with E-state index in [0.717, 1.165) is 28.6 Å². The number of hydrogen-bond acceptors (Lipinski definition) is 2. The standard InChI is InChI=1S/C15H21BrN2O/c1-3-4-5-6-10-15(19)18-17-12(2)13-8-7-9-14(16)11-13/h7-9,11H,3-6,10H2,1-2H3,(H,18,19). The number of unbranched alkanes of at least 4 members (excludes halogenated alkanes) is 3. The van der Waals surface area contributed by atoms with Gasteiger partial charge in [-0.1, -0.05) is 54.2 Å². The van der Waals surface area contributed by atoms with Crippen LogP contribution in [0.4, 0.5) is 0 Å². The molecule has 0 spiro atoms. The summed E-state index contributed by atoms with van der Waals surface area (Å²) < 4.78 is 1.01. The zero-order valence-corrected chi connectivity index (χ0v) is 13.2. The van der Waals surface area contributed by atoms with Crippen LogP contribution in [-0.2, 0) is 4.79 Å². The van der Waals surface area contributed by atoms with Crippen molar-refractivity contribution in [1.82, 2.24) is 5.43 Å². The minimum atomic E-state index is -0.00884. The molecule has 1 N–H and O–H groups in total. The Morgan fingerprint density at radius 3 is 2.79 bits per heavy atom. The first-order valence-electron chi connectivity index (χ1n) is 6.72. The van der Waals surface area contributed by atoms with E-state index in [2.05, 4.69) is 33.4 Å². The van der Waals surface area contributed by atoms with E-state index in [-0.39, 0.29) is 5.91 Å². The fraction of sp³-hybridized carbons (Fsp3) is 0.467. The Morgan fingerprint density at radius 1 is 1.32 bits per heavy atom. The molecule has 0 saturated carbocycles. The number of carbonyl (C=O) groups excluding carboxylic acids is 1. The summed E-state index contributed by atoms with van der Waals surface area (Å²) in [4.78, 5) is 11.6. The van der Waals surface area contributed by atoms with Gasteiger partial charge < -0.3 is 0 Å². The van der Waals surface area contributed by atoms with Crippen molar-refractivity contribution in [3.63, 3.8) is 0 Å². The van der Waals surface area contributed by atoms with E-state index in [1.165, 1.54) is 12.8 Å². The first kappa shape index (κ1) is 15.9. The second-order valence-corrected chi connectivity index (χ2v) is 5.47. The minimum absolute atomic E-state index is 0.00884. The third-order valence-corrected chi connectivity index (χ3v) is 3.34. The highest BCUT2D eigenvalue weighted by atomic mass is 79.9. The van der Waals surface area contributed by atoms with Crippen LogP contribution in [0.2, 0.25) is 0 Å². The molecule has 0 aliphatic carbocycles. The number of nitrogens with one attached hydrogen (secondary N) is 1. The average Bonchev–Trinajstić information content (AvgIpc) is 2.41. The summed E-state index contributed by atoms with van der Waals surface area (Å²) >= 11 is 3.42. The Hall–Kier alpha value is -1.16. The lowest BCUT2D eigenvalue weighted by atomic mass is 10.1. The molecule has 1 amide bonds. The fourth-order valence-electron chi connectivity index (χ4n) is 1.69. The van der Waals surface area contributed by atoms with Crippen molar-refractivity contribution in [2.24, 2.45) is 5.10 Å². The molecule has 4 heteroatoms. The lowest BCUT2D eigenvalue weighted by molar-refractivity contribution is -0.121. The highest BCUT2D eigenvalue weighted by Crippen LogP contribution is 2.12. The van der Waals surface area contributed by atoms with Gasteiger partial charge in [0.2, 0.25) is 5.91 Å². The Labute approximate surface area is 123 Å². The zero-order valence-electron chi connectivity index (χ0n) is 11.6. The molecule has 1 aromatic rings. The monoisotopic (exact) mass is 324 g/mol. The summed E-state index contributed by atoms with van der Waals surface area (Å²) in [6, 6.07) is 7.86. The molecule has 0 fully saturated rings. The SMILES string of the molecule is CCCCCCC(=O)NN=C(C)c1cccc(Br)c1. The van der Waals surface area contributed by atoms with Crippen LogP contribution in [-0.4, -0.2) is 11.6 Å². The van der Waals surface area contributed by atoms with Gasteiger partial charge in [0, 0.05) is 10.9 Å². The Balaban J connectivity index is 2.41. The second kappa shape index (κ2) is 8.86.